The van der Waals surface area contributed by atoms with Crippen LogP contribution in [0.3, 0.4) is 0 Å². The SMILES string of the molecule is Cc1cc(SCCC(=O)Nc2cccc(C#N)c2)n(C)n1. The van der Waals surface area contributed by atoms with Crippen molar-refractivity contribution in [3.8, 4) is 6.07 Å². The van der Waals surface area contributed by atoms with Gasteiger partial charge in [-0.15, -0.1) is 11.8 Å². The monoisotopic (exact) mass is 300 g/mol. The fourth-order valence-corrected chi connectivity index (χ4v) is 2.84. The van der Waals surface area contributed by atoms with Crippen LogP contribution in [0, 0.1) is 18.3 Å². The summed E-state index contributed by atoms with van der Waals surface area (Å²) in [6.45, 7) is 1.94. The molecule has 6 heteroatoms. The van der Waals surface area contributed by atoms with Gasteiger partial charge in [0.15, 0.2) is 0 Å². The van der Waals surface area contributed by atoms with Crippen LogP contribution in [0.4, 0.5) is 5.69 Å². The zero-order valence-corrected chi connectivity index (χ0v) is 12.8. The number of carbonyl (C=O) groups excluding carboxylic acids is 1. The highest BCUT2D eigenvalue weighted by Gasteiger charge is 2.06. The Hall–Kier alpha value is -2.26. The van der Waals surface area contributed by atoms with E-state index in [0.717, 1.165) is 10.7 Å². The third-order valence-corrected chi connectivity index (χ3v) is 3.90. The van der Waals surface area contributed by atoms with Crippen LogP contribution in [0.25, 0.3) is 0 Å². The zero-order chi connectivity index (χ0) is 15.2. The van der Waals surface area contributed by atoms with Crippen molar-refractivity contribution < 1.29 is 4.79 Å². The molecule has 0 fully saturated rings. The minimum atomic E-state index is -0.0588. The van der Waals surface area contributed by atoms with Gasteiger partial charge in [-0.3, -0.25) is 9.48 Å². The zero-order valence-electron chi connectivity index (χ0n) is 12.0. The summed E-state index contributed by atoms with van der Waals surface area (Å²) < 4.78 is 1.81. The van der Waals surface area contributed by atoms with Gasteiger partial charge < -0.3 is 5.32 Å². The van der Waals surface area contributed by atoms with E-state index in [9.17, 15) is 4.79 Å². The fourth-order valence-electron chi connectivity index (χ4n) is 1.86. The van der Waals surface area contributed by atoms with Crippen LogP contribution < -0.4 is 5.32 Å². The number of anilines is 1. The predicted octanol–water partition coefficient (Wildman–Crippen LogP) is 2.72. The van der Waals surface area contributed by atoms with Crippen molar-refractivity contribution in [2.24, 2.45) is 7.05 Å². The standard InChI is InChI=1S/C15H16N4OS/c1-11-8-15(19(2)18-11)21-7-6-14(20)17-13-5-3-4-12(9-13)10-16/h3-5,8-9H,6-7H2,1-2H3,(H,17,20). The van der Waals surface area contributed by atoms with E-state index in [1.54, 1.807) is 36.0 Å². The number of hydrogen-bond acceptors (Lipinski definition) is 4. The van der Waals surface area contributed by atoms with Crippen LogP contribution in [0.2, 0.25) is 0 Å². The third kappa shape index (κ3) is 4.36. The first-order chi connectivity index (χ1) is 10.1. The Morgan fingerprint density at radius 2 is 2.29 bits per heavy atom. The molecular weight excluding hydrogens is 284 g/mol. The second-order valence-electron chi connectivity index (χ2n) is 4.59. The molecule has 0 unspecified atom stereocenters. The van der Waals surface area contributed by atoms with Crippen LogP contribution in [0.15, 0.2) is 35.4 Å². The molecule has 0 aliphatic carbocycles. The smallest absolute Gasteiger partial charge is 0.225 e. The van der Waals surface area contributed by atoms with E-state index in [0.29, 0.717) is 23.4 Å². The summed E-state index contributed by atoms with van der Waals surface area (Å²) in [5.74, 6) is 0.624. The van der Waals surface area contributed by atoms with Gasteiger partial charge in [0.05, 0.1) is 22.4 Å². The molecule has 21 heavy (non-hydrogen) atoms. The predicted molar refractivity (Wildman–Crippen MR) is 83.1 cm³/mol. The van der Waals surface area contributed by atoms with Gasteiger partial charge in [0, 0.05) is 24.9 Å². The summed E-state index contributed by atoms with van der Waals surface area (Å²) in [4.78, 5) is 11.9. The van der Waals surface area contributed by atoms with Gasteiger partial charge in [-0.2, -0.15) is 10.4 Å². The number of amides is 1. The maximum absolute atomic E-state index is 11.9. The molecule has 0 aliphatic rings. The average molecular weight is 300 g/mol. The van der Waals surface area contributed by atoms with Crippen molar-refractivity contribution in [1.82, 2.24) is 9.78 Å². The first kappa shape index (κ1) is 15.1. The molecule has 0 atom stereocenters. The van der Waals surface area contributed by atoms with E-state index in [1.807, 2.05) is 30.8 Å². The highest BCUT2D eigenvalue weighted by atomic mass is 32.2. The molecule has 108 valence electrons. The number of nitrogens with one attached hydrogen (secondary N) is 1. The molecule has 1 N–H and O–H groups in total. The third-order valence-electron chi connectivity index (χ3n) is 2.81. The Kier molecular flexibility index (Phi) is 5.01. The second-order valence-corrected chi connectivity index (χ2v) is 5.70. The Morgan fingerprint density at radius 1 is 1.48 bits per heavy atom. The van der Waals surface area contributed by atoms with Crippen molar-refractivity contribution in [2.75, 3.05) is 11.1 Å². The molecule has 5 nitrogen and oxygen atoms in total. The number of nitrogens with zero attached hydrogens (tertiary/aromatic N) is 3. The average Bonchev–Trinajstić information content (AvgIpc) is 2.77. The molecule has 2 rings (SSSR count). The summed E-state index contributed by atoms with van der Waals surface area (Å²) >= 11 is 1.60. The molecular formula is C15H16N4OS. The molecule has 1 aromatic heterocycles. The summed E-state index contributed by atoms with van der Waals surface area (Å²) in [6, 6.07) is 10.9. The molecule has 2 aromatic rings. The van der Waals surface area contributed by atoms with Gasteiger partial charge in [-0.1, -0.05) is 6.07 Å². The normalized spacial score (nSPS) is 10.1. The quantitative estimate of drug-likeness (QED) is 0.862. The van der Waals surface area contributed by atoms with Crippen molar-refractivity contribution >= 4 is 23.4 Å². The van der Waals surface area contributed by atoms with Gasteiger partial charge in [-0.25, -0.2) is 0 Å². The Bertz CT molecular complexity index is 687. The lowest BCUT2D eigenvalue weighted by Gasteiger charge is -2.05. The highest BCUT2D eigenvalue weighted by Crippen LogP contribution is 2.19. The summed E-state index contributed by atoms with van der Waals surface area (Å²) in [5.41, 5.74) is 2.16. The lowest BCUT2D eigenvalue weighted by atomic mass is 10.2. The Morgan fingerprint density at radius 3 is 2.95 bits per heavy atom. The van der Waals surface area contributed by atoms with Crippen molar-refractivity contribution in [3.05, 3.63) is 41.6 Å². The van der Waals surface area contributed by atoms with Crippen molar-refractivity contribution in [2.45, 2.75) is 18.4 Å². The minimum Gasteiger partial charge on any atom is -0.326 e. The fraction of sp³-hybridized carbons (Fsp3) is 0.267. The van der Waals surface area contributed by atoms with E-state index in [1.165, 1.54) is 0 Å². The second kappa shape index (κ2) is 6.95. The van der Waals surface area contributed by atoms with Crippen LogP contribution in [0.5, 0.6) is 0 Å². The molecule has 1 amide bonds. The number of carbonyl (C=O) groups is 1. The van der Waals surface area contributed by atoms with E-state index in [-0.39, 0.29) is 5.91 Å². The van der Waals surface area contributed by atoms with Crippen molar-refractivity contribution in [1.29, 1.82) is 5.26 Å². The van der Waals surface area contributed by atoms with Crippen LogP contribution in [-0.2, 0) is 11.8 Å². The number of nitriles is 1. The molecule has 0 radical (unpaired) electrons. The number of hydrogen-bond donors (Lipinski definition) is 1. The number of aromatic nitrogens is 2. The molecule has 0 bridgehead atoms. The van der Waals surface area contributed by atoms with Gasteiger partial charge in [0.1, 0.15) is 0 Å². The lowest BCUT2D eigenvalue weighted by molar-refractivity contribution is -0.115. The van der Waals surface area contributed by atoms with Gasteiger partial charge in [0.25, 0.3) is 0 Å². The van der Waals surface area contributed by atoms with Gasteiger partial charge in [0.2, 0.25) is 5.91 Å². The molecule has 0 saturated carbocycles. The first-order valence-electron chi connectivity index (χ1n) is 6.52. The number of aryl methyl sites for hydroxylation is 2. The maximum atomic E-state index is 11.9. The minimum absolute atomic E-state index is 0.0588. The largest absolute Gasteiger partial charge is 0.326 e. The van der Waals surface area contributed by atoms with Crippen LogP contribution in [0.1, 0.15) is 17.7 Å². The summed E-state index contributed by atoms with van der Waals surface area (Å²) in [6.07, 6.45) is 0.408. The van der Waals surface area contributed by atoms with E-state index in [2.05, 4.69) is 10.4 Å². The van der Waals surface area contributed by atoms with Gasteiger partial charge in [-0.05, 0) is 31.2 Å². The number of thioether (sulfide) groups is 1. The number of benzene rings is 1. The first-order valence-corrected chi connectivity index (χ1v) is 7.50. The summed E-state index contributed by atoms with van der Waals surface area (Å²) in [5, 5.41) is 16.9. The topological polar surface area (TPSA) is 70.7 Å². The molecule has 0 saturated heterocycles. The Labute approximate surface area is 128 Å². The van der Waals surface area contributed by atoms with Crippen LogP contribution >= 0.6 is 11.8 Å². The Balaban J connectivity index is 1.82. The maximum Gasteiger partial charge on any atom is 0.225 e. The summed E-state index contributed by atoms with van der Waals surface area (Å²) in [7, 11) is 1.89. The molecule has 1 aromatic carbocycles. The lowest BCUT2D eigenvalue weighted by Crippen LogP contribution is -2.12. The molecule has 1 heterocycles. The highest BCUT2D eigenvalue weighted by molar-refractivity contribution is 7.99. The molecule has 0 aliphatic heterocycles. The van der Waals surface area contributed by atoms with Crippen LogP contribution in [-0.4, -0.2) is 21.4 Å². The van der Waals surface area contributed by atoms with E-state index in [4.69, 9.17) is 5.26 Å². The molecule has 0 spiro atoms. The van der Waals surface area contributed by atoms with Crippen molar-refractivity contribution in [3.63, 3.8) is 0 Å². The van der Waals surface area contributed by atoms with E-state index < -0.39 is 0 Å². The van der Waals surface area contributed by atoms with E-state index >= 15 is 0 Å². The van der Waals surface area contributed by atoms with Gasteiger partial charge >= 0.3 is 0 Å². The number of rotatable bonds is 5.